The van der Waals surface area contributed by atoms with Gasteiger partial charge in [-0.15, -0.1) is 0 Å². The van der Waals surface area contributed by atoms with Crippen LogP contribution < -0.4 is 4.90 Å². The summed E-state index contributed by atoms with van der Waals surface area (Å²) in [6, 6.07) is 20.7. The molecule has 7 heteroatoms. The van der Waals surface area contributed by atoms with Gasteiger partial charge >= 0.3 is 0 Å². The fraction of sp³-hybridized carbons (Fsp3) is 0.160. The van der Waals surface area contributed by atoms with Crippen LogP contribution in [0.4, 0.5) is 5.69 Å². The van der Waals surface area contributed by atoms with E-state index in [2.05, 4.69) is 9.88 Å². The topological polar surface area (TPSA) is 74.5 Å². The Morgan fingerprint density at radius 3 is 2.28 bits per heavy atom. The smallest absolute Gasteiger partial charge is 0.257 e. The number of rotatable bonds is 4. The summed E-state index contributed by atoms with van der Waals surface area (Å²) >= 11 is 0. The van der Waals surface area contributed by atoms with Crippen LogP contribution in [-0.2, 0) is 0 Å². The van der Waals surface area contributed by atoms with Crippen LogP contribution in [0, 0.1) is 0 Å². The molecule has 0 bridgehead atoms. The molecular formula is C25H23N5O2. The number of anilines is 1. The first-order chi connectivity index (χ1) is 15.7. The highest BCUT2D eigenvalue weighted by molar-refractivity contribution is 6.00. The molecule has 5 rings (SSSR count). The van der Waals surface area contributed by atoms with Gasteiger partial charge in [-0.2, -0.15) is 5.10 Å². The maximum absolute atomic E-state index is 13.5. The number of aromatic nitrogens is 3. The van der Waals surface area contributed by atoms with Gasteiger partial charge in [-0.25, -0.2) is 4.68 Å². The standard InChI is InChI=1S/C25H23N5O2/c31-22-10-8-20(9-11-22)28-13-15-29(16-14-28)25(32)23-18-30(21-6-2-1-3-7-21)27-24(23)19-5-4-12-26-17-19/h1-12,17-18,31H,13-16H2. The number of amides is 1. The Kier molecular flexibility index (Phi) is 5.29. The van der Waals surface area contributed by atoms with Gasteiger partial charge in [-0.3, -0.25) is 9.78 Å². The van der Waals surface area contributed by atoms with E-state index in [9.17, 15) is 9.90 Å². The van der Waals surface area contributed by atoms with Crippen LogP contribution in [0.25, 0.3) is 16.9 Å². The van der Waals surface area contributed by atoms with Crippen molar-refractivity contribution in [3.05, 3.63) is 90.9 Å². The van der Waals surface area contributed by atoms with E-state index in [0.29, 0.717) is 24.3 Å². The number of phenols is 1. The van der Waals surface area contributed by atoms with Crippen molar-refractivity contribution in [3.63, 3.8) is 0 Å². The van der Waals surface area contributed by atoms with Crippen molar-refractivity contribution < 1.29 is 9.90 Å². The molecule has 1 aliphatic heterocycles. The fourth-order valence-electron chi connectivity index (χ4n) is 3.96. The molecule has 2 aromatic heterocycles. The Morgan fingerprint density at radius 1 is 0.844 bits per heavy atom. The van der Waals surface area contributed by atoms with Gasteiger partial charge in [-0.1, -0.05) is 18.2 Å². The van der Waals surface area contributed by atoms with Crippen LogP contribution in [0.1, 0.15) is 10.4 Å². The SMILES string of the molecule is O=C(c1cn(-c2ccccc2)nc1-c1cccnc1)N1CCN(c2ccc(O)cc2)CC1. The van der Waals surface area contributed by atoms with Crippen molar-refractivity contribution in [1.29, 1.82) is 0 Å². The zero-order valence-electron chi connectivity index (χ0n) is 17.5. The molecule has 0 atom stereocenters. The van der Waals surface area contributed by atoms with E-state index in [0.717, 1.165) is 30.0 Å². The zero-order valence-corrected chi connectivity index (χ0v) is 17.5. The second-order valence-electron chi connectivity index (χ2n) is 7.71. The molecule has 1 fully saturated rings. The Morgan fingerprint density at radius 2 is 1.59 bits per heavy atom. The molecule has 0 saturated carbocycles. The summed E-state index contributed by atoms with van der Waals surface area (Å²) < 4.78 is 1.75. The molecule has 0 spiro atoms. The monoisotopic (exact) mass is 425 g/mol. The van der Waals surface area contributed by atoms with Crippen molar-refractivity contribution in [2.45, 2.75) is 0 Å². The highest BCUT2D eigenvalue weighted by Crippen LogP contribution is 2.26. The van der Waals surface area contributed by atoms with Gasteiger partial charge in [0.05, 0.1) is 11.3 Å². The first-order valence-electron chi connectivity index (χ1n) is 10.6. The van der Waals surface area contributed by atoms with E-state index in [-0.39, 0.29) is 11.7 Å². The highest BCUT2D eigenvalue weighted by atomic mass is 16.3. The lowest BCUT2D eigenvalue weighted by atomic mass is 10.1. The second-order valence-corrected chi connectivity index (χ2v) is 7.71. The van der Waals surface area contributed by atoms with Gasteiger partial charge in [0.15, 0.2) is 0 Å². The molecule has 1 aliphatic rings. The molecule has 32 heavy (non-hydrogen) atoms. The number of aromatic hydroxyl groups is 1. The maximum Gasteiger partial charge on any atom is 0.257 e. The third-order valence-corrected chi connectivity index (χ3v) is 5.68. The van der Waals surface area contributed by atoms with Crippen molar-refractivity contribution in [2.75, 3.05) is 31.1 Å². The van der Waals surface area contributed by atoms with Gasteiger partial charge in [0.25, 0.3) is 5.91 Å². The van der Waals surface area contributed by atoms with Crippen LogP contribution in [0.5, 0.6) is 5.75 Å². The summed E-state index contributed by atoms with van der Waals surface area (Å²) in [6.45, 7) is 2.68. The molecule has 2 aromatic carbocycles. The Labute approximate surface area is 186 Å². The lowest BCUT2D eigenvalue weighted by Gasteiger charge is -2.36. The number of hydrogen-bond acceptors (Lipinski definition) is 5. The average Bonchev–Trinajstić information content (AvgIpc) is 3.31. The molecule has 1 saturated heterocycles. The van der Waals surface area contributed by atoms with E-state index < -0.39 is 0 Å². The fourth-order valence-corrected chi connectivity index (χ4v) is 3.96. The first-order valence-corrected chi connectivity index (χ1v) is 10.6. The highest BCUT2D eigenvalue weighted by Gasteiger charge is 2.27. The molecule has 0 aliphatic carbocycles. The van der Waals surface area contributed by atoms with Crippen LogP contribution >= 0.6 is 0 Å². The van der Waals surface area contributed by atoms with E-state index >= 15 is 0 Å². The van der Waals surface area contributed by atoms with Crippen molar-refractivity contribution in [3.8, 4) is 22.7 Å². The lowest BCUT2D eigenvalue weighted by molar-refractivity contribution is 0.0747. The van der Waals surface area contributed by atoms with Crippen molar-refractivity contribution in [1.82, 2.24) is 19.7 Å². The third kappa shape index (κ3) is 3.92. The maximum atomic E-state index is 13.5. The largest absolute Gasteiger partial charge is 0.508 e. The molecule has 0 unspecified atom stereocenters. The summed E-state index contributed by atoms with van der Waals surface area (Å²) in [5.41, 5.74) is 3.96. The summed E-state index contributed by atoms with van der Waals surface area (Å²) in [5.74, 6) is 0.220. The van der Waals surface area contributed by atoms with Crippen molar-refractivity contribution >= 4 is 11.6 Å². The summed E-state index contributed by atoms with van der Waals surface area (Å²) in [4.78, 5) is 21.8. The molecule has 3 heterocycles. The number of pyridine rings is 1. The molecule has 7 nitrogen and oxygen atoms in total. The number of phenolic OH excluding ortho intramolecular Hbond substituents is 1. The zero-order chi connectivity index (χ0) is 21.9. The number of piperazine rings is 1. The first kappa shape index (κ1) is 19.8. The van der Waals surface area contributed by atoms with Gasteiger partial charge in [0.1, 0.15) is 11.4 Å². The predicted molar refractivity (Wildman–Crippen MR) is 123 cm³/mol. The molecule has 1 amide bonds. The van der Waals surface area contributed by atoms with E-state index in [1.165, 1.54) is 0 Å². The van der Waals surface area contributed by atoms with Crippen LogP contribution in [0.15, 0.2) is 85.3 Å². The number of carbonyl (C=O) groups excluding carboxylic acids is 1. The number of nitrogens with zero attached hydrogens (tertiary/aromatic N) is 5. The molecular weight excluding hydrogens is 402 g/mol. The van der Waals surface area contributed by atoms with E-state index in [4.69, 9.17) is 5.10 Å². The van der Waals surface area contributed by atoms with Crippen LogP contribution in [-0.4, -0.2) is 56.9 Å². The second kappa shape index (κ2) is 8.55. The van der Waals surface area contributed by atoms with Crippen LogP contribution in [0.3, 0.4) is 0 Å². The number of hydrogen-bond donors (Lipinski definition) is 1. The Bertz CT molecular complexity index is 1200. The molecule has 1 N–H and O–H groups in total. The average molecular weight is 425 g/mol. The Balaban J connectivity index is 1.40. The lowest BCUT2D eigenvalue weighted by Crippen LogP contribution is -2.48. The minimum atomic E-state index is -0.0311. The van der Waals surface area contributed by atoms with Gasteiger partial charge in [0, 0.05) is 56.0 Å². The normalized spacial score (nSPS) is 13.9. The van der Waals surface area contributed by atoms with Crippen LogP contribution in [0.2, 0.25) is 0 Å². The minimum Gasteiger partial charge on any atom is -0.508 e. The van der Waals surface area contributed by atoms with E-state index in [1.807, 2.05) is 65.7 Å². The summed E-state index contributed by atoms with van der Waals surface area (Å²) in [6.07, 6.45) is 5.26. The van der Waals surface area contributed by atoms with Gasteiger partial charge < -0.3 is 14.9 Å². The molecule has 4 aromatic rings. The number of para-hydroxylation sites is 1. The molecule has 160 valence electrons. The summed E-state index contributed by atoms with van der Waals surface area (Å²) in [7, 11) is 0. The number of carbonyl (C=O) groups is 1. The number of benzene rings is 2. The molecule has 0 radical (unpaired) electrons. The van der Waals surface area contributed by atoms with Gasteiger partial charge in [-0.05, 0) is 48.5 Å². The Hall–Kier alpha value is -4.13. The van der Waals surface area contributed by atoms with Gasteiger partial charge in [0.2, 0.25) is 0 Å². The van der Waals surface area contributed by atoms with Crippen molar-refractivity contribution in [2.24, 2.45) is 0 Å². The quantitative estimate of drug-likeness (QED) is 0.541. The van der Waals surface area contributed by atoms with E-state index in [1.54, 1.807) is 29.2 Å². The minimum absolute atomic E-state index is 0.0311. The third-order valence-electron chi connectivity index (χ3n) is 5.68. The predicted octanol–water partition coefficient (Wildman–Crippen LogP) is 3.60. The summed E-state index contributed by atoms with van der Waals surface area (Å²) in [5, 5.41) is 14.2.